The van der Waals surface area contributed by atoms with Gasteiger partial charge >= 0.3 is 6.03 Å². The first-order valence-electron chi connectivity index (χ1n) is 8.46. The molecule has 0 aliphatic carbocycles. The summed E-state index contributed by atoms with van der Waals surface area (Å²) in [6.07, 6.45) is 2.06. The largest absolute Gasteiger partial charge is 0.348 e. The van der Waals surface area contributed by atoms with Gasteiger partial charge < -0.3 is 21.3 Å². The van der Waals surface area contributed by atoms with E-state index in [-0.39, 0.29) is 35.9 Å². The van der Waals surface area contributed by atoms with Crippen molar-refractivity contribution in [2.24, 2.45) is 0 Å². The molecule has 0 aromatic heterocycles. The molecule has 1 heterocycles. The van der Waals surface area contributed by atoms with E-state index in [0.717, 1.165) is 31.5 Å². The van der Waals surface area contributed by atoms with E-state index in [2.05, 4.69) is 21.3 Å². The lowest BCUT2D eigenvalue weighted by Gasteiger charge is -2.24. The third kappa shape index (κ3) is 6.92. The average Bonchev–Trinajstić information content (AvgIpc) is 2.48. The monoisotopic (exact) mass is 368 g/mol. The molecule has 0 spiro atoms. The van der Waals surface area contributed by atoms with Gasteiger partial charge in [0.15, 0.2) is 0 Å². The molecule has 7 heteroatoms. The Kier molecular flexibility index (Phi) is 7.70. The molecule has 1 atom stereocenters. The Morgan fingerprint density at radius 2 is 1.96 bits per heavy atom. The Balaban J connectivity index is 0.00000312. The van der Waals surface area contributed by atoms with Crippen LogP contribution in [-0.2, 0) is 0 Å². The highest BCUT2D eigenvalue weighted by Crippen LogP contribution is 2.17. The topological polar surface area (TPSA) is 82.3 Å². The van der Waals surface area contributed by atoms with Crippen LogP contribution in [0.1, 0.15) is 49.5 Å². The Hall–Kier alpha value is -1.79. The third-order valence-electron chi connectivity index (χ3n) is 3.87. The quantitative estimate of drug-likeness (QED) is 0.662. The van der Waals surface area contributed by atoms with Crippen molar-refractivity contribution in [2.45, 2.75) is 52.1 Å². The lowest BCUT2D eigenvalue weighted by Crippen LogP contribution is -2.45. The number of carbonyl (C=O) groups excluding carboxylic acids is 2. The summed E-state index contributed by atoms with van der Waals surface area (Å²) in [6, 6.07) is 5.24. The van der Waals surface area contributed by atoms with E-state index in [9.17, 15) is 9.59 Å². The molecule has 1 fully saturated rings. The van der Waals surface area contributed by atoms with Crippen molar-refractivity contribution in [3.8, 4) is 0 Å². The predicted octanol–water partition coefficient (Wildman–Crippen LogP) is 2.82. The lowest BCUT2D eigenvalue weighted by molar-refractivity contribution is 0.0930. The first-order valence-corrected chi connectivity index (χ1v) is 8.46. The number of amides is 3. The molecule has 0 unspecified atom stereocenters. The van der Waals surface area contributed by atoms with Crippen LogP contribution in [0.3, 0.4) is 0 Å². The molecule has 1 aliphatic rings. The predicted molar refractivity (Wildman–Crippen MR) is 104 cm³/mol. The number of halogens is 1. The van der Waals surface area contributed by atoms with Gasteiger partial charge in [-0.2, -0.15) is 0 Å². The molecule has 1 aromatic rings. The van der Waals surface area contributed by atoms with Crippen LogP contribution < -0.4 is 21.3 Å². The van der Waals surface area contributed by atoms with Gasteiger partial charge in [0.05, 0.1) is 0 Å². The zero-order valence-corrected chi connectivity index (χ0v) is 16.2. The summed E-state index contributed by atoms with van der Waals surface area (Å²) in [7, 11) is 0. The maximum absolute atomic E-state index is 12.4. The number of piperidine rings is 1. The molecule has 4 N–H and O–H groups in total. The minimum Gasteiger partial charge on any atom is -0.348 e. The van der Waals surface area contributed by atoms with Gasteiger partial charge in [-0.15, -0.1) is 12.4 Å². The van der Waals surface area contributed by atoms with Crippen LogP contribution in [0.5, 0.6) is 0 Å². The summed E-state index contributed by atoms with van der Waals surface area (Å²) in [5.41, 5.74) is 1.79. The van der Waals surface area contributed by atoms with Crippen molar-refractivity contribution >= 4 is 30.0 Å². The molecular formula is C18H29ClN4O2. The number of urea groups is 1. The number of hydrogen-bond acceptors (Lipinski definition) is 3. The van der Waals surface area contributed by atoms with Crippen molar-refractivity contribution < 1.29 is 9.59 Å². The summed E-state index contributed by atoms with van der Waals surface area (Å²) in [6.45, 7) is 9.47. The van der Waals surface area contributed by atoms with Crippen molar-refractivity contribution in [2.75, 3.05) is 18.4 Å². The van der Waals surface area contributed by atoms with Gasteiger partial charge in [-0.1, -0.05) is 6.07 Å². The standard InChI is InChI=1S/C18H28N4O2.ClH/c1-12-7-8-13(16(23)20-14-6-5-9-19-11-14)10-15(12)21-17(24)22-18(2,3)4;/h7-8,10,14,19H,5-6,9,11H2,1-4H3,(H,20,23)(H2,21,22,24);1H/t14-;/m0./s1. The highest BCUT2D eigenvalue weighted by molar-refractivity contribution is 5.97. The second-order valence-electron chi connectivity index (χ2n) is 7.38. The van der Waals surface area contributed by atoms with Crippen LogP contribution in [-0.4, -0.2) is 36.6 Å². The van der Waals surface area contributed by atoms with Gasteiger partial charge in [-0.3, -0.25) is 4.79 Å². The zero-order chi connectivity index (χ0) is 17.7. The molecule has 25 heavy (non-hydrogen) atoms. The highest BCUT2D eigenvalue weighted by atomic mass is 35.5. The van der Waals surface area contributed by atoms with E-state index in [1.54, 1.807) is 12.1 Å². The Morgan fingerprint density at radius 1 is 1.24 bits per heavy atom. The van der Waals surface area contributed by atoms with Crippen LogP contribution in [0.15, 0.2) is 18.2 Å². The van der Waals surface area contributed by atoms with Gasteiger partial charge in [0.2, 0.25) is 0 Å². The fraction of sp³-hybridized carbons (Fsp3) is 0.556. The van der Waals surface area contributed by atoms with Crippen LogP contribution in [0.2, 0.25) is 0 Å². The molecular weight excluding hydrogens is 340 g/mol. The Labute approximate surface area is 155 Å². The number of anilines is 1. The van der Waals surface area contributed by atoms with Gasteiger partial charge in [0, 0.05) is 29.4 Å². The van der Waals surface area contributed by atoms with E-state index in [1.165, 1.54) is 0 Å². The molecule has 3 amide bonds. The van der Waals surface area contributed by atoms with E-state index in [0.29, 0.717) is 11.3 Å². The fourth-order valence-corrected chi connectivity index (χ4v) is 2.64. The maximum atomic E-state index is 12.4. The second kappa shape index (κ2) is 9.06. The van der Waals surface area contributed by atoms with Crippen molar-refractivity contribution in [3.63, 3.8) is 0 Å². The van der Waals surface area contributed by atoms with Crippen molar-refractivity contribution in [3.05, 3.63) is 29.3 Å². The normalized spacial score (nSPS) is 17.2. The Morgan fingerprint density at radius 3 is 2.56 bits per heavy atom. The van der Waals surface area contributed by atoms with Crippen LogP contribution >= 0.6 is 12.4 Å². The molecule has 0 bridgehead atoms. The summed E-state index contributed by atoms with van der Waals surface area (Å²) in [5, 5.41) is 12.0. The van der Waals surface area contributed by atoms with Gasteiger partial charge in [0.1, 0.15) is 0 Å². The number of hydrogen-bond donors (Lipinski definition) is 4. The highest BCUT2D eigenvalue weighted by Gasteiger charge is 2.18. The number of benzene rings is 1. The van der Waals surface area contributed by atoms with Crippen molar-refractivity contribution in [1.29, 1.82) is 0 Å². The Bertz CT molecular complexity index is 608. The molecule has 2 rings (SSSR count). The van der Waals surface area contributed by atoms with E-state index < -0.39 is 0 Å². The van der Waals surface area contributed by atoms with E-state index >= 15 is 0 Å². The average molecular weight is 369 g/mol. The molecule has 0 radical (unpaired) electrons. The van der Waals surface area contributed by atoms with Crippen LogP contribution in [0, 0.1) is 6.92 Å². The lowest BCUT2D eigenvalue weighted by atomic mass is 10.1. The van der Waals surface area contributed by atoms with Crippen molar-refractivity contribution in [1.82, 2.24) is 16.0 Å². The first kappa shape index (κ1) is 21.3. The van der Waals surface area contributed by atoms with Gasteiger partial charge in [-0.25, -0.2) is 4.79 Å². The zero-order valence-electron chi connectivity index (χ0n) is 15.4. The van der Waals surface area contributed by atoms with Crippen LogP contribution in [0.25, 0.3) is 0 Å². The minimum atomic E-state index is -0.318. The SMILES string of the molecule is Cc1ccc(C(=O)N[C@H]2CCCNC2)cc1NC(=O)NC(C)(C)C.Cl. The number of rotatable bonds is 3. The number of nitrogens with one attached hydrogen (secondary N) is 4. The smallest absolute Gasteiger partial charge is 0.319 e. The maximum Gasteiger partial charge on any atom is 0.319 e. The molecule has 1 aromatic carbocycles. The molecule has 0 saturated carbocycles. The summed E-state index contributed by atoms with van der Waals surface area (Å²) >= 11 is 0. The minimum absolute atomic E-state index is 0. The summed E-state index contributed by atoms with van der Waals surface area (Å²) in [5.74, 6) is -0.108. The molecule has 140 valence electrons. The van der Waals surface area contributed by atoms with Gasteiger partial charge in [0.25, 0.3) is 5.91 Å². The molecule has 1 aliphatic heterocycles. The number of carbonyl (C=O) groups is 2. The first-order chi connectivity index (χ1) is 11.2. The molecule has 1 saturated heterocycles. The third-order valence-corrected chi connectivity index (χ3v) is 3.87. The van der Waals surface area contributed by atoms with Gasteiger partial charge in [-0.05, 0) is 64.8 Å². The summed E-state index contributed by atoms with van der Waals surface area (Å²) < 4.78 is 0. The van der Waals surface area contributed by atoms with E-state index in [4.69, 9.17) is 0 Å². The summed E-state index contributed by atoms with van der Waals surface area (Å²) in [4.78, 5) is 24.5. The fourth-order valence-electron chi connectivity index (χ4n) is 2.64. The second-order valence-corrected chi connectivity index (χ2v) is 7.38. The number of aryl methyl sites for hydroxylation is 1. The van der Waals surface area contributed by atoms with Crippen LogP contribution in [0.4, 0.5) is 10.5 Å². The van der Waals surface area contributed by atoms with E-state index in [1.807, 2.05) is 33.8 Å². The molecule has 6 nitrogen and oxygen atoms in total.